The molecule has 2 aromatic carbocycles. The monoisotopic (exact) mass is 454 g/mol. The number of thiophene rings is 1. The van der Waals surface area contributed by atoms with E-state index in [0.717, 1.165) is 15.9 Å². The number of rotatable bonds is 6. The van der Waals surface area contributed by atoms with Crippen molar-refractivity contribution in [1.82, 2.24) is 9.13 Å². The van der Waals surface area contributed by atoms with E-state index in [1.807, 2.05) is 0 Å². The number of non-ortho nitro benzene ring substituents is 1. The van der Waals surface area contributed by atoms with Gasteiger partial charge in [-0.15, -0.1) is 11.3 Å². The van der Waals surface area contributed by atoms with Crippen LogP contribution in [0.25, 0.3) is 10.2 Å². The number of nitrogens with zero attached hydrogens (tertiary/aromatic N) is 3. The quantitative estimate of drug-likeness (QED) is 0.355. The zero-order valence-corrected chi connectivity index (χ0v) is 17.2. The molecule has 1 amide bonds. The van der Waals surface area contributed by atoms with Gasteiger partial charge in [-0.2, -0.15) is 0 Å². The lowest BCUT2D eigenvalue weighted by molar-refractivity contribution is -0.384. The van der Waals surface area contributed by atoms with E-state index in [4.69, 9.17) is 0 Å². The first-order valence-electron chi connectivity index (χ1n) is 9.33. The molecule has 0 aliphatic heterocycles. The van der Waals surface area contributed by atoms with Crippen LogP contribution in [0, 0.1) is 15.9 Å². The Hall–Kier alpha value is -4.12. The van der Waals surface area contributed by atoms with Crippen molar-refractivity contribution in [2.24, 2.45) is 0 Å². The summed E-state index contributed by atoms with van der Waals surface area (Å²) in [6, 6.07) is 12.4. The lowest BCUT2D eigenvalue weighted by atomic mass is 10.2. The Morgan fingerprint density at radius 3 is 2.38 bits per heavy atom. The van der Waals surface area contributed by atoms with Gasteiger partial charge in [-0.3, -0.25) is 24.3 Å². The van der Waals surface area contributed by atoms with Crippen molar-refractivity contribution in [3.63, 3.8) is 0 Å². The van der Waals surface area contributed by atoms with E-state index in [-0.39, 0.29) is 12.2 Å². The molecule has 162 valence electrons. The minimum atomic E-state index is -0.687. The van der Waals surface area contributed by atoms with Gasteiger partial charge in [-0.1, -0.05) is 12.1 Å². The molecule has 0 fully saturated rings. The van der Waals surface area contributed by atoms with Gasteiger partial charge in [0.15, 0.2) is 0 Å². The molecule has 9 nitrogen and oxygen atoms in total. The van der Waals surface area contributed by atoms with Gasteiger partial charge < -0.3 is 5.32 Å². The average Bonchev–Trinajstić information content (AvgIpc) is 3.26. The molecule has 0 aliphatic rings. The van der Waals surface area contributed by atoms with Crippen molar-refractivity contribution in [2.45, 2.75) is 13.1 Å². The van der Waals surface area contributed by atoms with Crippen molar-refractivity contribution in [3.8, 4) is 0 Å². The Labute approximate surface area is 183 Å². The van der Waals surface area contributed by atoms with Crippen LogP contribution in [0.15, 0.2) is 69.6 Å². The lowest BCUT2D eigenvalue weighted by Crippen LogP contribution is -2.42. The first-order valence-corrected chi connectivity index (χ1v) is 10.2. The number of benzene rings is 2. The number of nitro benzene ring substituents is 1. The molecule has 4 rings (SSSR count). The molecular formula is C21H15FN4O5S. The predicted molar refractivity (Wildman–Crippen MR) is 118 cm³/mol. The van der Waals surface area contributed by atoms with Gasteiger partial charge in [-0.05, 0) is 41.3 Å². The van der Waals surface area contributed by atoms with E-state index in [2.05, 4.69) is 5.32 Å². The van der Waals surface area contributed by atoms with Crippen molar-refractivity contribution < 1.29 is 14.1 Å². The van der Waals surface area contributed by atoms with Gasteiger partial charge in [0.05, 0.1) is 17.0 Å². The van der Waals surface area contributed by atoms with Gasteiger partial charge >= 0.3 is 5.69 Å². The Morgan fingerprint density at radius 2 is 1.72 bits per heavy atom. The molecule has 1 N–H and O–H groups in total. The third kappa shape index (κ3) is 4.18. The van der Waals surface area contributed by atoms with Crippen molar-refractivity contribution >= 4 is 38.8 Å². The smallest absolute Gasteiger partial charge is 0.325 e. The number of halogens is 1. The summed E-state index contributed by atoms with van der Waals surface area (Å²) in [7, 11) is 0. The number of anilines is 1. The number of hydrogen-bond acceptors (Lipinski definition) is 6. The lowest BCUT2D eigenvalue weighted by Gasteiger charge is -2.12. The SMILES string of the molecule is O=C(Cn1c(=O)c2sccc2n(Cc2ccc([N+](=O)[O-])cc2)c1=O)Nc1ccc(F)cc1. The normalized spacial score (nSPS) is 10.9. The number of amides is 1. The van der Waals surface area contributed by atoms with Gasteiger partial charge in [0.2, 0.25) is 5.91 Å². The topological polar surface area (TPSA) is 116 Å². The van der Waals surface area contributed by atoms with Crippen LogP contribution in [0.4, 0.5) is 15.8 Å². The van der Waals surface area contributed by atoms with Crippen LogP contribution in [0.3, 0.4) is 0 Å². The van der Waals surface area contributed by atoms with E-state index in [1.54, 1.807) is 11.4 Å². The van der Waals surface area contributed by atoms with Gasteiger partial charge in [0.1, 0.15) is 17.1 Å². The maximum Gasteiger partial charge on any atom is 0.332 e. The number of carbonyl (C=O) groups is 1. The van der Waals surface area contributed by atoms with Crippen molar-refractivity contribution in [2.75, 3.05) is 5.32 Å². The second-order valence-electron chi connectivity index (χ2n) is 6.87. The molecule has 2 heterocycles. The van der Waals surface area contributed by atoms with Crippen LogP contribution in [-0.2, 0) is 17.9 Å². The van der Waals surface area contributed by atoms with Gasteiger partial charge in [0.25, 0.3) is 11.2 Å². The first-order chi connectivity index (χ1) is 15.3. The second-order valence-corrected chi connectivity index (χ2v) is 7.79. The van der Waals surface area contributed by atoms with Crippen LogP contribution in [0.2, 0.25) is 0 Å². The highest BCUT2D eigenvalue weighted by Crippen LogP contribution is 2.18. The highest BCUT2D eigenvalue weighted by atomic mass is 32.1. The predicted octanol–water partition coefficient (Wildman–Crippen LogP) is 2.96. The minimum absolute atomic E-state index is 0.0594. The molecule has 0 atom stereocenters. The number of carbonyl (C=O) groups excluding carboxylic acids is 1. The molecule has 2 aromatic heterocycles. The number of hydrogen-bond donors (Lipinski definition) is 1. The Kier molecular flexibility index (Phi) is 5.65. The standard InChI is InChI=1S/C21H15FN4O5S/c22-14-3-5-15(6-4-14)23-18(27)12-25-20(28)19-17(9-10-32-19)24(21(25)29)11-13-1-7-16(8-2-13)26(30)31/h1-10H,11-12H2,(H,23,27). The Bertz CT molecular complexity index is 1440. The maximum absolute atomic E-state index is 13.1. The molecule has 0 radical (unpaired) electrons. The summed E-state index contributed by atoms with van der Waals surface area (Å²) in [5.41, 5.74) is 0.00416. The van der Waals surface area contributed by atoms with E-state index in [1.165, 1.54) is 53.1 Å². The highest BCUT2D eigenvalue weighted by Gasteiger charge is 2.17. The molecule has 0 saturated carbocycles. The summed E-state index contributed by atoms with van der Waals surface area (Å²) in [5, 5.41) is 15.0. The summed E-state index contributed by atoms with van der Waals surface area (Å²) in [5.74, 6) is -1.08. The zero-order valence-electron chi connectivity index (χ0n) is 16.4. The van der Waals surface area contributed by atoms with E-state index >= 15 is 0 Å². The molecule has 11 heteroatoms. The average molecular weight is 454 g/mol. The summed E-state index contributed by atoms with van der Waals surface area (Å²) in [4.78, 5) is 48.7. The zero-order chi connectivity index (χ0) is 22.8. The van der Waals surface area contributed by atoms with Crippen LogP contribution in [0.1, 0.15) is 5.56 Å². The molecule has 0 unspecified atom stereocenters. The fraction of sp³-hybridized carbons (Fsp3) is 0.0952. The van der Waals surface area contributed by atoms with Crippen molar-refractivity contribution in [1.29, 1.82) is 0 Å². The molecular weight excluding hydrogens is 439 g/mol. The molecule has 0 saturated heterocycles. The highest BCUT2D eigenvalue weighted by molar-refractivity contribution is 7.17. The third-order valence-electron chi connectivity index (χ3n) is 4.75. The van der Waals surface area contributed by atoms with Gasteiger partial charge in [0, 0.05) is 17.8 Å². The van der Waals surface area contributed by atoms with Gasteiger partial charge in [-0.25, -0.2) is 13.8 Å². The largest absolute Gasteiger partial charge is 0.332 e. The fourth-order valence-electron chi connectivity index (χ4n) is 3.21. The molecule has 0 bridgehead atoms. The van der Waals surface area contributed by atoms with Crippen molar-refractivity contribution in [3.05, 3.63) is 102 Å². The van der Waals surface area contributed by atoms with Crippen LogP contribution >= 0.6 is 11.3 Å². The molecule has 0 aliphatic carbocycles. The number of nitrogens with one attached hydrogen (secondary N) is 1. The Balaban J connectivity index is 1.68. The number of aromatic nitrogens is 2. The summed E-state index contributed by atoms with van der Waals surface area (Å²) in [6.45, 7) is -0.465. The second kappa shape index (κ2) is 8.55. The van der Waals surface area contributed by atoms with E-state index in [9.17, 15) is 28.9 Å². The maximum atomic E-state index is 13.1. The van der Waals surface area contributed by atoms with Crippen LogP contribution < -0.4 is 16.6 Å². The summed E-state index contributed by atoms with van der Waals surface area (Å²) >= 11 is 1.14. The first kappa shape index (κ1) is 21.1. The number of fused-ring (bicyclic) bond motifs is 1. The summed E-state index contributed by atoms with van der Waals surface area (Å²) in [6.07, 6.45) is 0. The number of nitro groups is 1. The van der Waals surface area contributed by atoms with E-state index in [0.29, 0.717) is 21.5 Å². The van der Waals surface area contributed by atoms with E-state index < -0.39 is 34.4 Å². The fourth-order valence-corrected chi connectivity index (χ4v) is 4.05. The van der Waals surface area contributed by atoms with Crippen LogP contribution in [0.5, 0.6) is 0 Å². The third-order valence-corrected chi connectivity index (χ3v) is 5.65. The Morgan fingerprint density at radius 1 is 1.03 bits per heavy atom. The summed E-state index contributed by atoms with van der Waals surface area (Å²) < 4.78 is 15.5. The van der Waals surface area contributed by atoms with Crippen LogP contribution in [-0.4, -0.2) is 20.0 Å². The molecule has 4 aromatic rings. The molecule has 32 heavy (non-hydrogen) atoms. The minimum Gasteiger partial charge on any atom is -0.325 e. The molecule has 0 spiro atoms.